The Morgan fingerprint density at radius 1 is 1.06 bits per heavy atom. The van der Waals surface area contributed by atoms with Crippen molar-refractivity contribution in [3.63, 3.8) is 0 Å². The first-order chi connectivity index (χ1) is 14.2. The van der Waals surface area contributed by atoms with Gasteiger partial charge in [0, 0.05) is 57.4 Å². The van der Waals surface area contributed by atoms with E-state index >= 15 is 0 Å². The molecule has 0 unspecified atom stereocenters. The molecule has 2 amide bonds. The fourth-order valence-corrected chi connectivity index (χ4v) is 3.16. The molecular formula is C21H34FIN6O2. The van der Waals surface area contributed by atoms with E-state index in [2.05, 4.69) is 25.8 Å². The number of carbonyl (C=O) groups excluding carboxylic acids is 2. The van der Waals surface area contributed by atoms with E-state index in [9.17, 15) is 14.0 Å². The highest BCUT2D eigenvalue weighted by molar-refractivity contribution is 14.0. The van der Waals surface area contributed by atoms with Crippen molar-refractivity contribution in [3.05, 3.63) is 30.1 Å². The summed E-state index contributed by atoms with van der Waals surface area (Å²) in [5.74, 6) is 0.176. The van der Waals surface area contributed by atoms with Gasteiger partial charge in [-0.25, -0.2) is 4.39 Å². The van der Waals surface area contributed by atoms with E-state index in [0.29, 0.717) is 32.0 Å². The van der Waals surface area contributed by atoms with Crippen molar-refractivity contribution < 1.29 is 14.0 Å². The van der Waals surface area contributed by atoms with Crippen LogP contribution in [-0.2, 0) is 9.59 Å². The molecule has 0 aromatic heterocycles. The molecule has 3 N–H and O–H groups in total. The maximum Gasteiger partial charge on any atom is 0.239 e. The lowest BCUT2D eigenvalue weighted by Crippen LogP contribution is -2.50. The largest absolute Gasteiger partial charge is 0.368 e. The Labute approximate surface area is 201 Å². The van der Waals surface area contributed by atoms with Crippen LogP contribution in [0.5, 0.6) is 0 Å². The predicted octanol–water partition coefficient (Wildman–Crippen LogP) is 1.56. The average Bonchev–Trinajstić information content (AvgIpc) is 2.70. The summed E-state index contributed by atoms with van der Waals surface area (Å²) in [4.78, 5) is 32.4. The van der Waals surface area contributed by atoms with E-state index in [0.717, 1.165) is 18.8 Å². The number of benzene rings is 1. The summed E-state index contributed by atoms with van der Waals surface area (Å²) in [6.45, 7) is 9.00. The number of aliphatic imine (C=N–C) groups is 1. The van der Waals surface area contributed by atoms with Crippen LogP contribution < -0.4 is 20.9 Å². The van der Waals surface area contributed by atoms with Crippen LogP contribution in [0.15, 0.2) is 29.3 Å². The predicted molar refractivity (Wildman–Crippen MR) is 132 cm³/mol. The Balaban J connectivity index is 0.00000480. The van der Waals surface area contributed by atoms with Crippen LogP contribution in [0.25, 0.3) is 0 Å². The molecule has 0 bridgehead atoms. The molecule has 10 heteroatoms. The van der Waals surface area contributed by atoms with E-state index < -0.39 is 0 Å². The Hall–Kier alpha value is -2.11. The van der Waals surface area contributed by atoms with Crippen molar-refractivity contribution >= 4 is 47.4 Å². The Morgan fingerprint density at radius 3 is 2.23 bits per heavy atom. The van der Waals surface area contributed by atoms with E-state index in [4.69, 9.17) is 0 Å². The summed E-state index contributed by atoms with van der Waals surface area (Å²) < 4.78 is 13.1. The van der Waals surface area contributed by atoms with Gasteiger partial charge in [-0.2, -0.15) is 0 Å². The molecule has 1 aromatic carbocycles. The van der Waals surface area contributed by atoms with Gasteiger partial charge in [-0.1, -0.05) is 0 Å². The number of nitrogens with zero attached hydrogens (tertiary/aromatic N) is 3. The summed E-state index contributed by atoms with van der Waals surface area (Å²) >= 11 is 0. The Morgan fingerprint density at radius 2 is 1.68 bits per heavy atom. The van der Waals surface area contributed by atoms with Gasteiger partial charge in [0.15, 0.2) is 5.96 Å². The van der Waals surface area contributed by atoms with Gasteiger partial charge >= 0.3 is 0 Å². The SMILES string of the molecule is CN=C(NCCC(=O)N1CCN(c2ccc(F)cc2)CC1)NCC(=O)NC(C)(C)C.I. The van der Waals surface area contributed by atoms with Gasteiger partial charge in [0.1, 0.15) is 5.82 Å². The first-order valence-corrected chi connectivity index (χ1v) is 10.2. The number of anilines is 1. The van der Waals surface area contributed by atoms with E-state index in [-0.39, 0.29) is 53.7 Å². The molecule has 0 radical (unpaired) electrons. The van der Waals surface area contributed by atoms with Crippen LogP contribution in [0.1, 0.15) is 27.2 Å². The number of carbonyl (C=O) groups is 2. The van der Waals surface area contributed by atoms with Crippen LogP contribution in [0, 0.1) is 5.82 Å². The van der Waals surface area contributed by atoms with E-state index in [1.807, 2.05) is 25.7 Å². The maximum atomic E-state index is 13.1. The monoisotopic (exact) mass is 548 g/mol. The molecule has 1 heterocycles. The lowest BCUT2D eigenvalue weighted by molar-refractivity contribution is -0.131. The molecule has 1 fully saturated rings. The molecule has 0 aliphatic carbocycles. The third-order valence-corrected chi connectivity index (χ3v) is 4.61. The standard InChI is InChI=1S/C21H33FN6O2.HI/c1-21(2,3)26-18(29)15-25-20(23-4)24-10-9-19(30)28-13-11-27(12-14-28)17-7-5-16(22)6-8-17;/h5-8H,9-15H2,1-4H3,(H,26,29)(H2,23,24,25);1H. The minimum atomic E-state index is -0.289. The van der Waals surface area contributed by atoms with Crippen molar-refractivity contribution in [2.45, 2.75) is 32.7 Å². The van der Waals surface area contributed by atoms with Crippen molar-refractivity contribution in [2.75, 3.05) is 51.2 Å². The third kappa shape index (κ3) is 9.70. The summed E-state index contributed by atoms with van der Waals surface area (Å²) in [6, 6.07) is 6.42. The fourth-order valence-electron chi connectivity index (χ4n) is 3.16. The minimum Gasteiger partial charge on any atom is -0.368 e. The molecule has 2 rings (SSSR count). The van der Waals surface area contributed by atoms with Crippen LogP contribution in [0.4, 0.5) is 10.1 Å². The van der Waals surface area contributed by atoms with Crippen molar-refractivity contribution in [1.82, 2.24) is 20.9 Å². The Kier molecular flexibility index (Phi) is 11.0. The highest BCUT2D eigenvalue weighted by Crippen LogP contribution is 2.17. The third-order valence-electron chi connectivity index (χ3n) is 4.61. The molecule has 1 saturated heterocycles. The van der Waals surface area contributed by atoms with Gasteiger partial charge in [0.25, 0.3) is 0 Å². The molecule has 1 aliphatic rings. The van der Waals surface area contributed by atoms with Gasteiger partial charge in [0.05, 0.1) is 6.54 Å². The lowest BCUT2D eigenvalue weighted by Gasteiger charge is -2.36. The zero-order valence-corrected chi connectivity index (χ0v) is 21.0. The Bertz CT molecular complexity index is 743. The van der Waals surface area contributed by atoms with Crippen LogP contribution in [0.2, 0.25) is 0 Å². The molecule has 1 aliphatic heterocycles. The zero-order valence-electron chi connectivity index (χ0n) is 18.7. The van der Waals surface area contributed by atoms with Gasteiger partial charge in [-0.05, 0) is 45.0 Å². The summed E-state index contributed by atoms with van der Waals surface area (Å²) in [5, 5.41) is 8.87. The molecule has 1 aromatic rings. The maximum absolute atomic E-state index is 13.1. The molecule has 31 heavy (non-hydrogen) atoms. The van der Waals surface area contributed by atoms with Gasteiger partial charge in [-0.15, -0.1) is 24.0 Å². The number of piperazine rings is 1. The van der Waals surface area contributed by atoms with Crippen molar-refractivity contribution in [1.29, 1.82) is 0 Å². The second-order valence-corrected chi connectivity index (χ2v) is 8.24. The number of amides is 2. The summed E-state index contributed by atoms with van der Waals surface area (Å²) in [7, 11) is 1.62. The molecular weight excluding hydrogens is 514 g/mol. The van der Waals surface area contributed by atoms with Gasteiger partial charge in [-0.3, -0.25) is 14.6 Å². The number of halogens is 2. The number of hydrogen-bond donors (Lipinski definition) is 3. The first kappa shape index (κ1) is 26.9. The summed E-state index contributed by atoms with van der Waals surface area (Å²) in [5.41, 5.74) is 0.679. The molecule has 8 nitrogen and oxygen atoms in total. The average molecular weight is 548 g/mol. The molecule has 174 valence electrons. The minimum absolute atomic E-state index is 0. The molecule has 0 atom stereocenters. The second kappa shape index (κ2) is 12.7. The first-order valence-electron chi connectivity index (χ1n) is 10.2. The molecule has 0 spiro atoms. The smallest absolute Gasteiger partial charge is 0.239 e. The second-order valence-electron chi connectivity index (χ2n) is 8.24. The van der Waals surface area contributed by atoms with Crippen LogP contribution in [0.3, 0.4) is 0 Å². The summed E-state index contributed by atoms with van der Waals surface area (Å²) in [6.07, 6.45) is 0.339. The van der Waals surface area contributed by atoms with E-state index in [1.54, 1.807) is 19.2 Å². The van der Waals surface area contributed by atoms with Crippen LogP contribution in [-0.4, -0.2) is 74.5 Å². The number of nitrogens with one attached hydrogen (secondary N) is 3. The topological polar surface area (TPSA) is 89.1 Å². The normalized spacial score (nSPS) is 14.5. The van der Waals surface area contributed by atoms with Crippen LogP contribution >= 0.6 is 24.0 Å². The highest BCUT2D eigenvalue weighted by Gasteiger charge is 2.21. The van der Waals surface area contributed by atoms with Gasteiger partial charge in [0.2, 0.25) is 11.8 Å². The van der Waals surface area contributed by atoms with E-state index in [1.165, 1.54) is 12.1 Å². The quantitative estimate of drug-likeness (QED) is 0.286. The van der Waals surface area contributed by atoms with Crippen molar-refractivity contribution in [2.24, 2.45) is 4.99 Å². The highest BCUT2D eigenvalue weighted by atomic mass is 127. The van der Waals surface area contributed by atoms with Crippen molar-refractivity contribution in [3.8, 4) is 0 Å². The lowest BCUT2D eigenvalue weighted by atomic mass is 10.1. The zero-order chi connectivity index (χ0) is 22.1. The molecule has 0 saturated carbocycles. The number of hydrogen-bond acceptors (Lipinski definition) is 4. The number of guanidine groups is 1. The fraction of sp³-hybridized carbons (Fsp3) is 0.571. The number of rotatable bonds is 6. The van der Waals surface area contributed by atoms with Gasteiger partial charge < -0.3 is 25.8 Å².